The first kappa shape index (κ1) is 16.5. The van der Waals surface area contributed by atoms with Gasteiger partial charge in [-0.05, 0) is 43.2 Å². The lowest BCUT2D eigenvalue weighted by Gasteiger charge is -2.06. The summed E-state index contributed by atoms with van der Waals surface area (Å²) in [6.07, 6.45) is 0.594. The summed E-state index contributed by atoms with van der Waals surface area (Å²) in [5, 5.41) is 2.71. The van der Waals surface area contributed by atoms with Crippen molar-refractivity contribution in [3.8, 4) is 0 Å². The Morgan fingerprint density at radius 1 is 1.13 bits per heavy atom. The lowest BCUT2D eigenvalue weighted by Crippen LogP contribution is -2.31. The number of hydrogen-bond donors (Lipinski definition) is 2. The molecule has 0 aliphatic heterocycles. The maximum absolute atomic E-state index is 12.0. The predicted octanol–water partition coefficient (Wildman–Crippen LogP) is 1.44. The lowest BCUT2D eigenvalue weighted by molar-refractivity contribution is 0.0600. The highest BCUT2D eigenvalue weighted by atomic mass is 16.5. The van der Waals surface area contributed by atoms with Crippen molar-refractivity contribution in [3.63, 3.8) is 0 Å². The van der Waals surface area contributed by atoms with Gasteiger partial charge < -0.3 is 15.0 Å². The number of rotatable bonds is 5. The van der Waals surface area contributed by atoms with Crippen molar-refractivity contribution in [2.45, 2.75) is 13.3 Å². The summed E-state index contributed by atoms with van der Waals surface area (Å²) in [5.74, 6) is -0.791. The van der Waals surface area contributed by atoms with Crippen LogP contribution in [-0.2, 0) is 11.2 Å². The summed E-state index contributed by atoms with van der Waals surface area (Å²) in [6, 6.07) is 10.1. The van der Waals surface area contributed by atoms with Crippen molar-refractivity contribution in [1.82, 2.24) is 10.3 Å². The quantitative estimate of drug-likeness (QED) is 0.818. The maximum atomic E-state index is 12.0. The number of ether oxygens (including phenoxy) is 1. The number of aromatic nitrogens is 1. The highest BCUT2D eigenvalue weighted by Crippen LogP contribution is 2.06. The molecule has 2 aromatic rings. The topological polar surface area (TPSA) is 88.3 Å². The fourth-order valence-electron chi connectivity index (χ4n) is 2.09. The molecule has 0 atom stereocenters. The zero-order chi connectivity index (χ0) is 16.8. The van der Waals surface area contributed by atoms with Crippen molar-refractivity contribution in [3.05, 3.63) is 69.1 Å². The minimum atomic E-state index is -0.405. The molecule has 6 nitrogen and oxygen atoms in total. The number of nitrogens with one attached hydrogen (secondary N) is 2. The maximum Gasteiger partial charge on any atom is 0.337 e. The van der Waals surface area contributed by atoms with Crippen molar-refractivity contribution in [2.24, 2.45) is 0 Å². The fourth-order valence-corrected chi connectivity index (χ4v) is 2.09. The van der Waals surface area contributed by atoms with E-state index in [1.54, 1.807) is 37.3 Å². The van der Waals surface area contributed by atoms with Gasteiger partial charge in [-0.25, -0.2) is 4.79 Å². The number of aromatic amines is 1. The second-order valence-corrected chi connectivity index (χ2v) is 5.08. The Kier molecular flexibility index (Phi) is 5.30. The molecule has 1 aromatic heterocycles. The number of methoxy groups -OCH3 is 1. The zero-order valence-electron chi connectivity index (χ0n) is 13.0. The molecule has 0 aliphatic rings. The number of carbonyl (C=O) groups is 2. The van der Waals surface area contributed by atoms with Crippen LogP contribution in [0.1, 0.15) is 32.0 Å². The SMILES string of the molecule is COC(=O)c1ccc(CCNC(=O)c2ccc(C)[nH]c2=O)cc1. The largest absolute Gasteiger partial charge is 0.465 e. The molecule has 0 unspecified atom stereocenters. The van der Waals surface area contributed by atoms with Crippen molar-refractivity contribution in [1.29, 1.82) is 0 Å². The van der Waals surface area contributed by atoms with Crippen LogP contribution in [0.15, 0.2) is 41.2 Å². The number of pyridine rings is 1. The summed E-state index contributed by atoms with van der Waals surface area (Å²) in [5.41, 5.74) is 1.85. The van der Waals surface area contributed by atoms with E-state index in [-0.39, 0.29) is 11.5 Å². The van der Waals surface area contributed by atoms with E-state index in [0.29, 0.717) is 24.2 Å². The van der Waals surface area contributed by atoms with Crippen LogP contribution in [0.5, 0.6) is 0 Å². The van der Waals surface area contributed by atoms with Crippen LogP contribution in [0.2, 0.25) is 0 Å². The first-order valence-corrected chi connectivity index (χ1v) is 7.16. The number of carbonyl (C=O) groups excluding carboxylic acids is 2. The van der Waals surface area contributed by atoms with Crippen molar-refractivity contribution < 1.29 is 14.3 Å². The van der Waals surface area contributed by atoms with Crippen LogP contribution < -0.4 is 10.9 Å². The van der Waals surface area contributed by atoms with Gasteiger partial charge in [-0.3, -0.25) is 9.59 Å². The standard InChI is InChI=1S/C17H18N2O4/c1-11-3-8-14(16(21)19-11)15(20)18-10-9-12-4-6-13(7-5-12)17(22)23-2/h3-8H,9-10H2,1-2H3,(H,18,20)(H,19,21). The number of aryl methyl sites for hydroxylation is 1. The second-order valence-electron chi connectivity index (χ2n) is 5.08. The van der Waals surface area contributed by atoms with Crippen LogP contribution in [-0.4, -0.2) is 30.5 Å². The highest BCUT2D eigenvalue weighted by Gasteiger charge is 2.10. The Morgan fingerprint density at radius 2 is 1.83 bits per heavy atom. The summed E-state index contributed by atoms with van der Waals surface area (Å²) < 4.78 is 4.63. The molecule has 0 aliphatic carbocycles. The molecule has 1 aromatic carbocycles. The number of amides is 1. The van der Waals surface area contributed by atoms with E-state index >= 15 is 0 Å². The Labute approximate surface area is 133 Å². The third-order valence-corrected chi connectivity index (χ3v) is 3.37. The molecular weight excluding hydrogens is 296 g/mol. The van der Waals surface area contributed by atoms with Gasteiger partial charge in [-0.2, -0.15) is 0 Å². The van der Waals surface area contributed by atoms with Crippen molar-refractivity contribution in [2.75, 3.05) is 13.7 Å². The average Bonchev–Trinajstić information content (AvgIpc) is 2.54. The zero-order valence-corrected chi connectivity index (χ0v) is 13.0. The van der Waals surface area contributed by atoms with Gasteiger partial charge in [0.05, 0.1) is 12.7 Å². The number of H-pyrrole nitrogens is 1. The molecule has 120 valence electrons. The third-order valence-electron chi connectivity index (χ3n) is 3.37. The van der Waals surface area contributed by atoms with E-state index in [0.717, 1.165) is 5.56 Å². The minimum Gasteiger partial charge on any atom is -0.465 e. The van der Waals surface area contributed by atoms with Crippen LogP contribution in [0.3, 0.4) is 0 Å². The summed E-state index contributed by atoms with van der Waals surface area (Å²) in [4.78, 5) is 37.6. The molecule has 6 heteroatoms. The van der Waals surface area contributed by atoms with E-state index < -0.39 is 11.5 Å². The molecule has 1 heterocycles. The van der Waals surface area contributed by atoms with Crippen LogP contribution in [0.4, 0.5) is 0 Å². The molecule has 1 amide bonds. The van der Waals surface area contributed by atoms with E-state index in [1.807, 2.05) is 0 Å². The Balaban J connectivity index is 1.90. The number of hydrogen-bond acceptors (Lipinski definition) is 4. The molecular formula is C17H18N2O4. The first-order valence-electron chi connectivity index (χ1n) is 7.16. The van der Waals surface area contributed by atoms with Gasteiger partial charge in [-0.1, -0.05) is 12.1 Å². The van der Waals surface area contributed by atoms with Gasteiger partial charge in [0.25, 0.3) is 11.5 Å². The van der Waals surface area contributed by atoms with E-state index in [2.05, 4.69) is 15.0 Å². The highest BCUT2D eigenvalue weighted by molar-refractivity contribution is 5.93. The normalized spacial score (nSPS) is 10.2. The van der Waals surface area contributed by atoms with Crippen LogP contribution in [0.25, 0.3) is 0 Å². The number of benzene rings is 1. The molecule has 0 spiro atoms. The van der Waals surface area contributed by atoms with Crippen LogP contribution >= 0.6 is 0 Å². The first-order chi connectivity index (χ1) is 11.0. The summed E-state index contributed by atoms with van der Waals surface area (Å²) >= 11 is 0. The molecule has 0 saturated heterocycles. The average molecular weight is 314 g/mol. The van der Waals surface area contributed by atoms with E-state index in [1.165, 1.54) is 13.2 Å². The smallest absolute Gasteiger partial charge is 0.337 e. The summed E-state index contributed by atoms with van der Waals surface area (Å²) in [6.45, 7) is 2.14. The Morgan fingerprint density at radius 3 is 2.43 bits per heavy atom. The van der Waals surface area contributed by atoms with E-state index in [9.17, 15) is 14.4 Å². The fraction of sp³-hybridized carbons (Fsp3) is 0.235. The van der Waals surface area contributed by atoms with E-state index in [4.69, 9.17) is 0 Å². The molecule has 2 N–H and O–H groups in total. The van der Waals surface area contributed by atoms with Gasteiger partial charge in [0, 0.05) is 12.2 Å². The molecule has 0 fully saturated rings. The van der Waals surface area contributed by atoms with Gasteiger partial charge >= 0.3 is 5.97 Å². The molecule has 2 rings (SSSR count). The van der Waals surface area contributed by atoms with Gasteiger partial charge in [0.2, 0.25) is 0 Å². The minimum absolute atomic E-state index is 0.0941. The Bertz CT molecular complexity index is 763. The monoisotopic (exact) mass is 314 g/mol. The van der Waals surface area contributed by atoms with Gasteiger partial charge in [-0.15, -0.1) is 0 Å². The third kappa shape index (κ3) is 4.29. The molecule has 23 heavy (non-hydrogen) atoms. The van der Waals surface area contributed by atoms with Gasteiger partial charge in [0.1, 0.15) is 5.56 Å². The molecule has 0 radical (unpaired) electrons. The Hall–Kier alpha value is -2.89. The lowest BCUT2D eigenvalue weighted by atomic mass is 10.1. The predicted molar refractivity (Wildman–Crippen MR) is 85.6 cm³/mol. The second kappa shape index (κ2) is 7.40. The van der Waals surface area contributed by atoms with Crippen LogP contribution in [0, 0.1) is 6.92 Å². The number of esters is 1. The molecule has 0 bridgehead atoms. The summed E-state index contributed by atoms with van der Waals surface area (Å²) in [7, 11) is 1.33. The molecule has 0 saturated carbocycles. The van der Waals surface area contributed by atoms with Crippen molar-refractivity contribution >= 4 is 11.9 Å². The van der Waals surface area contributed by atoms with Gasteiger partial charge in [0.15, 0.2) is 0 Å².